The van der Waals surface area contributed by atoms with Crippen LogP contribution >= 0.6 is 11.6 Å². The Morgan fingerprint density at radius 1 is 1.30 bits per heavy atom. The highest BCUT2D eigenvalue weighted by Gasteiger charge is 2.12. The van der Waals surface area contributed by atoms with E-state index >= 15 is 0 Å². The molecule has 0 aromatic heterocycles. The van der Waals surface area contributed by atoms with E-state index in [1.54, 1.807) is 19.9 Å². The second-order valence-corrected chi connectivity index (χ2v) is 5.22. The molecule has 1 unspecified atom stereocenters. The molecule has 0 spiro atoms. The molecule has 0 fully saturated rings. The van der Waals surface area contributed by atoms with Crippen molar-refractivity contribution in [3.63, 3.8) is 0 Å². The first-order valence-electron chi connectivity index (χ1n) is 6.41. The molecule has 0 bridgehead atoms. The van der Waals surface area contributed by atoms with Gasteiger partial charge in [-0.15, -0.1) is 0 Å². The predicted molar refractivity (Wildman–Crippen MR) is 79.5 cm³/mol. The van der Waals surface area contributed by atoms with E-state index in [4.69, 9.17) is 22.1 Å². The number of rotatable bonds is 4. The lowest BCUT2D eigenvalue weighted by Gasteiger charge is -2.16. The molecule has 0 saturated carbocycles. The zero-order valence-electron chi connectivity index (χ0n) is 11.5. The monoisotopic (exact) mass is 293 g/mol. The van der Waals surface area contributed by atoms with Gasteiger partial charge in [0.05, 0.1) is 0 Å². The van der Waals surface area contributed by atoms with Crippen LogP contribution in [-0.4, -0.2) is 0 Å². The van der Waals surface area contributed by atoms with Gasteiger partial charge >= 0.3 is 0 Å². The van der Waals surface area contributed by atoms with Crippen LogP contribution in [0.25, 0.3) is 0 Å². The Balaban J connectivity index is 2.25. The van der Waals surface area contributed by atoms with E-state index in [2.05, 4.69) is 0 Å². The highest BCUT2D eigenvalue weighted by molar-refractivity contribution is 6.31. The van der Waals surface area contributed by atoms with Gasteiger partial charge in [0.15, 0.2) is 0 Å². The molecular formula is C16H17ClFNO. The third-order valence-corrected chi connectivity index (χ3v) is 3.49. The molecule has 20 heavy (non-hydrogen) atoms. The van der Waals surface area contributed by atoms with Crippen molar-refractivity contribution in [2.45, 2.75) is 26.5 Å². The molecule has 2 aromatic carbocycles. The van der Waals surface area contributed by atoms with Crippen LogP contribution in [0.3, 0.4) is 0 Å². The minimum absolute atomic E-state index is 0.276. The first-order chi connectivity index (χ1) is 9.49. The third-order valence-electron chi connectivity index (χ3n) is 3.12. The van der Waals surface area contributed by atoms with Gasteiger partial charge in [-0.25, -0.2) is 4.39 Å². The largest absolute Gasteiger partial charge is 0.488 e. The van der Waals surface area contributed by atoms with Crippen molar-refractivity contribution in [3.05, 3.63) is 63.9 Å². The van der Waals surface area contributed by atoms with Crippen LogP contribution in [0.1, 0.15) is 29.7 Å². The summed E-state index contributed by atoms with van der Waals surface area (Å²) in [5.74, 6) is 0.321. The Morgan fingerprint density at radius 3 is 2.65 bits per heavy atom. The van der Waals surface area contributed by atoms with Crippen molar-refractivity contribution in [1.29, 1.82) is 0 Å². The van der Waals surface area contributed by atoms with Crippen molar-refractivity contribution in [1.82, 2.24) is 0 Å². The number of aryl methyl sites for hydroxylation is 1. The quantitative estimate of drug-likeness (QED) is 0.907. The Labute approximate surface area is 123 Å². The molecule has 2 nitrogen and oxygen atoms in total. The zero-order chi connectivity index (χ0) is 14.7. The molecule has 0 aliphatic rings. The van der Waals surface area contributed by atoms with Crippen LogP contribution in [0.2, 0.25) is 5.02 Å². The van der Waals surface area contributed by atoms with Gasteiger partial charge < -0.3 is 10.5 Å². The fourth-order valence-electron chi connectivity index (χ4n) is 1.92. The smallest absolute Gasteiger partial charge is 0.126 e. The fourth-order valence-corrected chi connectivity index (χ4v) is 2.11. The number of ether oxygens (including phenoxy) is 1. The third kappa shape index (κ3) is 3.30. The lowest BCUT2D eigenvalue weighted by molar-refractivity contribution is 0.300. The average Bonchev–Trinajstić information content (AvgIpc) is 2.41. The molecule has 0 radical (unpaired) electrons. The SMILES string of the molecule is Cc1cc(OCc2ccccc2Cl)c(C(C)N)cc1F. The van der Waals surface area contributed by atoms with Gasteiger partial charge in [-0.1, -0.05) is 29.8 Å². The van der Waals surface area contributed by atoms with Crippen LogP contribution < -0.4 is 10.5 Å². The van der Waals surface area contributed by atoms with E-state index in [0.717, 1.165) is 5.56 Å². The Hall–Kier alpha value is -1.58. The summed E-state index contributed by atoms with van der Waals surface area (Å²) in [5, 5.41) is 0.647. The number of hydrogen-bond donors (Lipinski definition) is 1. The van der Waals surface area contributed by atoms with Crippen LogP contribution in [0, 0.1) is 12.7 Å². The van der Waals surface area contributed by atoms with E-state index in [9.17, 15) is 4.39 Å². The first kappa shape index (κ1) is 14.8. The van der Waals surface area contributed by atoms with E-state index in [1.807, 2.05) is 24.3 Å². The average molecular weight is 294 g/mol. The summed E-state index contributed by atoms with van der Waals surface area (Å²) in [6.07, 6.45) is 0. The number of hydrogen-bond acceptors (Lipinski definition) is 2. The summed E-state index contributed by atoms with van der Waals surface area (Å²) in [6, 6.07) is 10.3. The molecule has 0 amide bonds. The van der Waals surface area contributed by atoms with Gasteiger partial charge in [-0.05, 0) is 37.6 Å². The maximum Gasteiger partial charge on any atom is 0.126 e. The summed E-state index contributed by atoms with van der Waals surface area (Å²) in [5.41, 5.74) is 7.92. The molecule has 0 saturated heterocycles. The second-order valence-electron chi connectivity index (χ2n) is 4.81. The van der Waals surface area contributed by atoms with Crippen molar-refractivity contribution in [2.75, 3.05) is 0 Å². The normalized spacial score (nSPS) is 12.2. The van der Waals surface area contributed by atoms with E-state index in [1.165, 1.54) is 6.07 Å². The minimum atomic E-state index is -0.300. The second kappa shape index (κ2) is 6.25. The van der Waals surface area contributed by atoms with E-state index < -0.39 is 0 Å². The molecule has 2 aromatic rings. The van der Waals surface area contributed by atoms with Crippen molar-refractivity contribution >= 4 is 11.6 Å². The van der Waals surface area contributed by atoms with Crippen molar-refractivity contribution in [2.24, 2.45) is 5.73 Å². The number of nitrogens with two attached hydrogens (primary N) is 1. The molecule has 4 heteroatoms. The molecule has 106 valence electrons. The molecule has 0 aliphatic carbocycles. The highest BCUT2D eigenvalue weighted by atomic mass is 35.5. The molecule has 2 N–H and O–H groups in total. The van der Waals surface area contributed by atoms with Crippen molar-refractivity contribution < 1.29 is 9.13 Å². The first-order valence-corrected chi connectivity index (χ1v) is 6.78. The molecule has 2 rings (SSSR count). The Kier molecular flexibility index (Phi) is 4.63. The Morgan fingerprint density at radius 2 is 2.00 bits per heavy atom. The lowest BCUT2D eigenvalue weighted by atomic mass is 10.1. The zero-order valence-corrected chi connectivity index (χ0v) is 12.2. The fraction of sp³-hybridized carbons (Fsp3) is 0.250. The molecule has 0 heterocycles. The summed E-state index contributed by atoms with van der Waals surface area (Å²) in [4.78, 5) is 0. The number of halogens is 2. The summed E-state index contributed by atoms with van der Waals surface area (Å²) >= 11 is 6.08. The van der Waals surface area contributed by atoms with Gasteiger partial charge in [-0.2, -0.15) is 0 Å². The summed E-state index contributed by atoms with van der Waals surface area (Å²) in [6.45, 7) is 3.82. The van der Waals surface area contributed by atoms with Crippen LogP contribution in [0.4, 0.5) is 4.39 Å². The maximum atomic E-state index is 13.6. The predicted octanol–water partition coefficient (Wildman–Crippen LogP) is 4.39. The van der Waals surface area contributed by atoms with Gasteiger partial charge in [0.2, 0.25) is 0 Å². The van der Waals surface area contributed by atoms with Crippen LogP contribution in [0.5, 0.6) is 5.75 Å². The maximum absolute atomic E-state index is 13.6. The standard InChI is InChI=1S/C16H17ClFNO/c1-10-7-16(13(11(2)19)8-15(10)18)20-9-12-5-3-4-6-14(12)17/h3-8,11H,9,19H2,1-2H3. The summed E-state index contributed by atoms with van der Waals surface area (Å²) in [7, 11) is 0. The minimum Gasteiger partial charge on any atom is -0.488 e. The molecular weight excluding hydrogens is 277 g/mol. The van der Waals surface area contributed by atoms with E-state index in [0.29, 0.717) is 28.5 Å². The van der Waals surface area contributed by atoms with Gasteiger partial charge in [0.1, 0.15) is 18.2 Å². The summed E-state index contributed by atoms with van der Waals surface area (Å²) < 4.78 is 19.4. The van der Waals surface area contributed by atoms with Crippen LogP contribution in [-0.2, 0) is 6.61 Å². The topological polar surface area (TPSA) is 35.2 Å². The highest BCUT2D eigenvalue weighted by Crippen LogP contribution is 2.28. The molecule has 1 atom stereocenters. The van der Waals surface area contributed by atoms with E-state index in [-0.39, 0.29) is 11.9 Å². The lowest BCUT2D eigenvalue weighted by Crippen LogP contribution is -2.09. The number of benzene rings is 2. The van der Waals surface area contributed by atoms with Gasteiger partial charge in [-0.3, -0.25) is 0 Å². The Bertz CT molecular complexity index is 613. The van der Waals surface area contributed by atoms with Crippen LogP contribution in [0.15, 0.2) is 36.4 Å². The molecule has 0 aliphatic heterocycles. The van der Waals surface area contributed by atoms with Crippen molar-refractivity contribution in [3.8, 4) is 5.75 Å². The van der Waals surface area contributed by atoms with Gasteiger partial charge in [0, 0.05) is 22.2 Å². The van der Waals surface area contributed by atoms with Gasteiger partial charge in [0.25, 0.3) is 0 Å².